The van der Waals surface area contributed by atoms with E-state index in [1.165, 1.54) is 31.0 Å². The molecule has 0 radical (unpaired) electrons. The molecule has 1 N–H and O–H groups in total. The third kappa shape index (κ3) is 4.69. The summed E-state index contributed by atoms with van der Waals surface area (Å²) in [5.41, 5.74) is 0.430. The Morgan fingerprint density at radius 3 is 2.58 bits per heavy atom. The molecule has 4 aliphatic rings. The molecule has 0 saturated heterocycles. The van der Waals surface area contributed by atoms with Crippen molar-refractivity contribution in [1.82, 2.24) is 14.9 Å². The van der Waals surface area contributed by atoms with Gasteiger partial charge in [0.2, 0.25) is 5.91 Å². The highest BCUT2D eigenvalue weighted by molar-refractivity contribution is 8.00. The first-order chi connectivity index (χ1) is 15.9. The third-order valence-electron chi connectivity index (χ3n) is 7.69. The number of thioether (sulfide) groups is 1. The number of halogens is 1. The minimum absolute atomic E-state index is 0.0247. The molecule has 4 bridgehead atoms. The summed E-state index contributed by atoms with van der Waals surface area (Å²) in [6.07, 6.45) is 8.09. The normalized spacial score (nSPS) is 28.9. The largest absolute Gasteiger partial charge is 0.385 e. The van der Waals surface area contributed by atoms with E-state index in [1.807, 2.05) is 6.92 Å². The van der Waals surface area contributed by atoms with Crippen LogP contribution < -0.4 is 10.9 Å². The van der Waals surface area contributed by atoms with Crippen LogP contribution in [0.3, 0.4) is 0 Å². The minimum Gasteiger partial charge on any atom is -0.385 e. The summed E-state index contributed by atoms with van der Waals surface area (Å²) < 4.78 is 6.85. The average molecular weight is 490 g/mol. The molecule has 33 heavy (non-hydrogen) atoms. The van der Waals surface area contributed by atoms with E-state index in [0.717, 1.165) is 37.0 Å². The van der Waals surface area contributed by atoms with Crippen molar-refractivity contribution in [3.63, 3.8) is 0 Å². The van der Waals surface area contributed by atoms with Gasteiger partial charge in [0, 0.05) is 30.8 Å². The summed E-state index contributed by atoms with van der Waals surface area (Å²) >= 11 is 7.51. The summed E-state index contributed by atoms with van der Waals surface area (Å²) in [5, 5.41) is 4.74. The lowest BCUT2D eigenvalue weighted by Gasteiger charge is -2.57. The molecule has 0 spiro atoms. The first-order valence-corrected chi connectivity index (χ1v) is 13.3. The van der Waals surface area contributed by atoms with Gasteiger partial charge in [-0.15, -0.1) is 0 Å². The topological polar surface area (TPSA) is 73.2 Å². The molecule has 4 saturated carbocycles. The summed E-state index contributed by atoms with van der Waals surface area (Å²) in [5.74, 6) is 2.37. The van der Waals surface area contributed by atoms with Crippen LogP contribution in [0, 0.1) is 17.8 Å². The van der Waals surface area contributed by atoms with Gasteiger partial charge in [-0.3, -0.25) is 14.2 Å². The number of nitrogens with zero attached hydrogens (tertiary/aromatic N) is 2. The van der Waals surface area contributed by atoms with Crippen LogP contribution in [0.1, 0.15) is 51.9 Å². The summed E-state index contributed by atoms with van der Waals surface area (Å²) in [6.45, 7) is 2.95. The second-order valence-electron chi connectivity index (χ2n) is 10.3. The van der Waals surface area contributed by atoms with Crippen LogP contribution in [0.15, 0.2) is 28.2 Å². The van der Waals surface area contributed by atoms with Gasteiger partial charge in [-0.1, -0.05) is 23.4 Å². The summed E-state index contributed by atoms with van der Waals surface area (Å²) in [4.78, 5) is 31.3. The Balaban J connectivity index is 1.37. The van der Waals surface area contributed by atoms with E-state index in [4.69, 9.17) is 21.3 Å². The van der Waals surface area contributed by atoms with Crippen molar-refractivity contribution < 1.29 is 9.53 Å². The summed E-state index contributed by atoms with van der Waals surface area (Å²) in [7, 11) is 1.65. The quantitative estimate of drug-likeness (QED) is 0.332. The number of carbonyl (C=O) groups excluding carboxylic acids is 1. The van der Waals surface area contributed by atoms with Crippen molar-refractivity contribution in [2.24, 2.45) is 17.8 Å². The number of nitrogens with one attached hydrogen (secondary N) is 1. The number of rotatable bonds is 8. The van der Waals surface area contributed by atoms with Crippen LogP contribution >= 0.6 is 23.4 Å². The van der Waals surface area contributed by atoms with E-state index >= 15 is 0 Å². The Labute approximate surface area is 203 Å². The number of hydrogen-bond acceptors (Lipinski definition) is 5. The van der Waals surface area contributed by atoms with E-state index in [0.29, 0.717) is 40.7 Å². The molecular weight excluding hydrogens is 458 g/mol. The Bertz CT molecular complexity index is 1080. The molecule has 2 aromatic rings. The van der Waals surface area contributed by atoms with E-state index in [2.05, 4.69) is 5.32 Å². The van der Waals surface area contributed by atoms with Crippen LogP contribution in [-0.2, 0) is 16.1 Å². The van der Waals surface area contributed by atoms with E-state index in [1.54, 1.807) is 29.9 Å². The molecule has 1 aromatic heterocycles. The molecule has 6 nitrogen and oxygen atoms in total. The lowest BCUT2D eigenvalue weighted by Crippen LogP contribution is -2.60. The van der Waals surface area contributed by atoms with Gasteiger partial charge in [-0.2, -0.15) is 0 Å². The maximum atomic E-state index is 13.3. The standard InChI is InChI=1S/C25H32ClN3O3S/c1-15(22(30)28-25-12-16-8-17(13-25)10-18(9-16)14-25)33-24-27-21-11-19(26)4-5-20(21)23(31)29(24)6-3-7-32-2/h4-5,11,15-18H,3,6-10,12-14H2,1-2H3,(H,28,30). The summed E-state index contributed by atoms with van der Waals surface area (Å²) in [6, 6.07) is 5.14. The molecule has 4 aliphatic carbocycles. The fraction of sp³-hybridized carbons (Fsp3) is 0.640. The van der Waals surface area contributed by atoms with Crippen molar-refractivity contribution in [3.05, 3.63) is 33.6 Å². The van der Waals surface area contributed by atoms with Gasteiger partial charge >= 0.3 is 0 Å². The molecule has 4 fully saturated rings. The molecule has 1 aromatic carbocycles. The van der Waals surface area contributed by atoms with Crippen LogP contribution in [0.5, 0.6) is 0 Å². The van der Waals surface area contributed by atoms with Gasteiger partial charge in [0.25, 0.3) is 5.56 Å². The molecule has 1 unspecified atom stereocenters. The lowest BCUT2D eigenvalue weighted by atomic mass is 9.53. The maximum absolute atomic E-state index is 13.3. The lowest BCUT2D eigenvalue weighted by molar-refractivity contribution is -0.126. The van der Waals surface area contributed by atoms with Gasteiger partial charge in [0.1, 0.15) is 0 Å². The first kappa shape index (κ1) is 23.2. The van der Waals surface area contributed by atoms with Crippen molar-refractivity contribution in [2.45, 2.75) is 74.4 Å². The highest BCUT2D eigenvalue weighted by atomic mass is 35.5. The molecule has 6 rings (SSSR count). The smallest absolute Gasteiger partial charge is 0.262 e. The molecular formula is C25H32ClN3O3S. The number of hydrogen-bond donors (Lipinski definition) is 1. The minimum atomic E-state index is -0.352. The fourth-order valence-electron chi connectivity index (χ4n) is 6.67. The van der Waals surface area contributed by atoms with Crippen LogP contribution in [0.25, 0.3) is 10.9 Å². The number of amides is 1. The maximum Gasteiger partial charge on any atom is 0.262 e. The first-order valence-electron chi connectivity index (χ1n) is 12.0. The van der Waals surface area contributed by atoms with Crippen LogP contribution in [-0.4, -0.2) is 40.0 Å². The number of carbonyl (C=O) groups is 1. The van der Waals surface area contributed by atoms with E-state index < -0.39 is 0 Å². The molecule has 1 heterocycles. The van der Waals surface area contributed by atoms with E-state index in [9.17, 15) is 9.59 Å². The third-order valence-corrected chi connectivity index (χ3v) is 9.02. The molecule has 178 valence electrons. The monoisotopic (exact) mass is 489 g/mol. The van der Waals surface area contributed by atoms with Crippen LogP contribution in [0.2, 0.25) is 5.02 Å². The van der Waals surface area contributed by atoms with Gasteiger partial charge < -0.3 is 10.1 Å². The van der Waals surface area contributed by atoms with Gasteiger partial charge in [-0.25, -0.2) is 4.98 Å². The molecule has 0 aliphatic heterocycles. The number of aromatic nitrogens is 2. The highest BCUT2D eigenvalue weighted by Gasteiger charge is 2.51. The zero-order valence-corrected chi connectivity index (χ0v) is 20.9. The second-order valence-corrected chi connectivity index (χ2v) is 12.1. The molecule has 1 amide bonds. The predicted octanol–water partition coefficient (Wildman–Crippen LogP) is 4.65. The number of ether oxygens (including phenoxy) is 1. The predicted molar refractivity (Wildman–Crippen MR) is 132 cm³/mol. The Morgan fingerprint density at radius 2 is 1.94 bits per heavy atom. The fourth-order valence-corrected chi connectivity index (χ4v) is 7.77. The second kappa shape index (κ2) is 9.23. The zero-order chi connectivity index (χ0) is 23.2. The van der Waals surface area contributed by atoms with Crippen LogP contribution in [0.4, 0.5) is 0 Å². The van der Waals surface area contributed by atoms with Gasteiger partial charge in [0.05, 0.1) is 16.2 Å². The van der Waals surface area contributed by atoms with Crippen molar-refractivity contribution in [3.8, 4) is 0 Å². The van der Waals surface area contributed by atoms with E-state index in [-0.39, 0.29) is 22.3 Å². The SMILES string of the molecule is COCCCn1c(SC(C)C(=O)NC23CC4CC(CC(C4)C2)C3)nc2cc(Cl)ccc2c1=O. The molecule has 8 heteroatoms. The highest BCUT2D eigenvalue weighted by Crippen LogP contribution is 2.55. The van der Waals surface area contributed by atoms with Crippen molar-refractivity contribution >= 4 is 40.2 Å². The van der Waals surface area contributed by atoms with Crippen molar-refractivity contribution in [1.29, 1.82) is 0 Å². The zero-order valence-electron chi connectivity index (χ0n) is 19.3. The molecule has 1 atom stereocenters. The average Bonchev–Trinajstić information content (AvgIpc) is 2.74. The number of methoxy groups -OCH3 is 1. The number of benzene rings is 1. The Hall–Kier alpha value is -1.57. The van der Waals surface area contributed by atoms with Gasteiger partial charge in [0.15, 0.2) is 5.16 Å². The Kier molecular flexibility index (Phi) is 6.49. The number of fused-ring (bicyclic) bond motifs is 1. The Morgan fingerprint density at radius 1 is 1.27 bits per heavy atom. The van der Waals surface area contributed by atoms with Crippen molar-refractivity contribution in [2.75, 3.05) is 13.7 Å². The van der Waals surface area contributed by atoms with Gasteiger partial charge in [-0.05, 0) is 87.8 Å².